The van der Waals surface area contributed by atoms with Gasteiger partial charge in [-0.05, 0) is 30.3 Å². The number of halogens is 2. The summed E-state index contributed by atoms with van der Waals surface area (Å²) in [6, 6.07) is 10.9. The molecule has 1 amide bonds. The zero-order valence-corrected chi connectivity index (χ0v) is 15.7. The Hall–Kier alpha value is -2.85. The van der Waals surface area contributed by atoms with Crippen molar-refractivity contribution in [3.63, 3.8) is 0 Å². The van der Waals surface area contributed by atoms with Crippen LogP contribution in [0.15, 0.2) is 53.4 Å². The summed E-state index contributed by atoms with van der Waals surface area (Å²) in [5.74, 6) is -3.72. The molecule has 0 spiro atoms. The third kappa shape index (κ3) is 5.83. The topological polar surface area (TPSA) is 92.8 Å². The van der Waals surface area contributed by atoms with Crippen molar-refractivity contribution in [3.8, 4) is 0 Å². The highest BCUT2D eigenvalue weighted by Gasteiger charge is 2.18. The zero-order valence-electron chi connectivity index (χ0n) is 14.9. The van der Waals surface area contributed by atoms with Crippen LogP contribution in [0, 0.1) is 11.6 Å². The number of rotatable bonds is 8. The third-order valence-corrected chi connectivity index (χ3v) is 5.16. The van der Waals surface area contributed by atoms with Gasteiger partial charge in [-0.25, -0.2) is 21.9 Å². The van der Waals surface area contributed by atoms with E-state index in [0.717, 1.165) is 6.07 Å². The van der Waals surface area contributed by atoms with Crippen LogP contribution in [0.5, 0.6) is 0 Å². The molecule has 10 heteroatoms. The summed E-state index contributed by atoms with van der Waals surface area (Å²) in [7, 11) is -2.59. The average molecular weight is 412 g/mol. The van der Waals surface area contributed by atoms with Crippen molar-refractivity contribution in [1.82, 2.24) is 4.72 Å². The van der Waals surface area contributed by atoms with E-state index in [2.05, 4.69) is 4.72 Å². The van der Waals surface area contributed by atoms with Crippen LogP contribution in [0.2, 0.25) is 0 Å². The number of esters is 1. The van der Waals surface area contributed by atoms with Crippen LogP contribution in [0.3, 0.4) is 0 Å². The minimum atomic E-state index is -4.12. The van der Waals surface area contributed by atoms with Crippen molar-refractivity contribution in [1.29, 1.82) is 0 Å². The lowest BCUT2D eigenvalue weighted by Crippen LogP contribution is -2.32. The molecule has 0 saturated heterocycles. The van der Waals surface area contributed by atoms with Gasteiger partial charge in [-0.3, -0.25) is 9.59 Å². The standard InChI is InChI=1S/C18H18F2N2O5S/c1-22(13-5-3-2-4-6-13)17(23)12-27-18(24)9-10-21-28(25,26)14-7-8-15(19)16(20)11-14/h2-8,11,21H,9-10,12H2,1H3. The van der Waals surface area contributed by atoms with Crippen LogP contribution >= 0.6 is 0 Å². The van der Waals surface area contributed by atoms with E-state index >= 15 is 0 Å². The summed E-state index contributed by atoms with van der Waals surface area (Å²) in [5.41, 5.74) is 0.628. The van der Waals surface area contributed by atoms with Crippen molar-refractivity contribution < 1.29 is 31.5 Å². The molecule has 2 aromatic rings. The minimum absolute atomic E-state index is 0.330. The van der Waals surface area contributed by atoms with Gasteiger partial charge in [-0.2, -0.15) is 0 Å². The lowest BCUT2D eigenvalue weighted by molar-refractivity contribution is -0.147. The molecule has 0 heterocycles. The quantitative estimate of drug-likeness (QED) is 0.668. The number of carbonyl (C=O) groups is 2. The number of benzene rings is 2. The largest absolute Gasteiger partial charge is 0.456 e. The van der Waals surface area contributed by atoms with Gasteiger partial charge in [0.2, 0.25) is 10.0 Å². The summed E-state index contributed by atoms with van der Waals surface area (Å²) in [6.45, 7) is -0.830. The number of sulfonamides is 1. The second-order valence-corrected chi connectivity index (χ2v) is 7.44. The first-order chi connectivity index (χ1) is 13.2. The van der Waals surface area contributed by atoms with Gasteiger partial charge in [0.1, 0.15) is 0 Å². The number of nitrogens with one attached hydrogen (secondary N) is 1. The molecule has 0 aliphatic rings. The highest BCUT2D eigenvalue weighted by atomic mass is 32.2. The number of amides is 1. The molecule has 0 aliphatic heterocycles. The molecular formula is C18H18F2N2O5S. The predicted molar refractivity (Wildman–Crippen MR) is 97.0 cm³/mol. The van der Waals surface area contributed by atoms with Crippen LogP contribution in [-0.4, -0.2) is 40.5 Å². The lowest BCUT2D eigenvalue weighted by atomic mass is 10.3. The van der Waals surface area contributed by atoms with Crippen LogP contribution in [0.4, 0.5) is 14.5 Å². The van der Waals surface area contributed by atoms with Gasteiger partial charge in [0.15, 0.2) is 18.2 Å². The second-order valence-electron chi connectivity index (χ2n) is 5.67. The Morgan fingerprint density at radius 3 is 2.39 bits per heavy atom. The number of para-hydroxylation sites is 1. The summed E-state index contributed by atoms with van der Waals surface area (Å²) in [6.07, 6.45) is -0.342. The normalized spacial score (nSPS) is 11.1. The van der Waals surface area contributed by atoms with Gasteiger partial charge in [-0.1, -0.05) is 18.2 Å². The molecule has 2 rings (SSSR count). The van der Waals surface area contributed by atoms with Crippen LogP contribution < -0.4 is 9.62 Å². The van der Waals surface area contributed by atoms with Crippen LogP contribution in [-0.2, 0) is 24.3 Å². The number of anilines is 1. The Morgan fingerprint density at radius 1 is 1.07 bits per heavy atom. The third-order valence-electron chi connectivity index (χ3n) is 3.70. The van der Waals surface area contributed by atoms with Gasteiger partial charge in [0, 0.05) is 19.3 Å². The van der Waals surface area contributed by atoms with Gasteiger partial charge < -0.3 is 9.64 Å². The maximum absolute atomic E-state index is 13.1. The molecule has 0 fully saturated rings. The molecule has 0 saturated carbocycles. The van der Waals surface area contributed by atoms with Crippen molar-refractivity contribution in [2.24, 2.45) is 0 Å². The number of hydrogen-bond donors (Lipinski definition) is 1. The Bertz CT molecular complexity index is 952. The smallest absolute Gasteiger partial charge is 0.307 e. The van der Waals surface area contributed by atoms with Crippen molar-refractivity contribution in [2.45, 2.75) is 11.3 Å². The highest BCUT2D eigenvalue weighted by Crippen LogP contribution is 2.14. The second kappa shape index (κ2) is 9.38. The predicted octanol–water partition coefficient (Wildman–Crippen LogP) is 1.84. The fraction of sp³-hybridized carbons (Fsp3) is 0.222. The number of nitrogens with zero attached hydrogens (tertiary/aromatic N) is 1. The van der Waals surface area contributed by atoms with E-state index in [1.165, 1.54) is 11.9 Å². The van der Waals surface area contributed by atoms with E-state index in [1.54, 1.807) is 30.3 Å². The molecule has 0 unspecified atom stereocenters. The minimum Gasteiger partial charge on any atom is -0.456 e. The van der Waals surface area contributed by atoms with Crippen molar-refractivity contribution >= 4 is 27.6 Å². The van der Waals surface area contributed by atoms with E-state index in [1.807, 2.05) is 0 Å². The first-order valence-electron chi connectivity index (χ1n) is 8.12. The summed E-state index contributed by atoms with van der Waals surface area (Å²) < 4.78 is 56.9. The van der Waals surface area contributed by atoms with E-state index in [0.29, 0.717) is 17.8 Å². The number of ether oxygens (including phenoxy) is 1. The molecule has 28 heavy (non-hydrogen) atoms. The Labute approximate surface area is 161 Å². The first kappa shape index (κ1) is 21.5. The highest BCUT2D eigenvalue weighted by molar-refractivity contribution is 7.89. The number of hydrogen-bond acceptors (Lipinski definition) is 5. The number of carbonyl (C=O) groups excluding carboxylic acids is 2. The number of likely N-dealkylation sites (N-methyl/N-ethyl adjacent to an activating group) is 1. The molecule has 0 aliphatic carbocycles. The molecule has 7 nitrogen and oxygen atoms in total. The van der Waals surface area contributed by atoms with Gasteiger partial charge in [0.25, 0.3) is 5.91 Å². The molecule has 0 radical (unpaired) electrons. The SMILES string of the molecule is CN(C(=O)COC(=O)CCNS(=O)(=O)c1ccc(F)c(F)c1)c1ccccc1. The van der Waals surface area contributed by atoms with Crippen LogP contribution in [0.25, 0.3) is 0 Å². The monoisotopic (exact) mass is 412 g/mol. The fourth-order valence-electron chi connectivity index (χ4n) is 2.12. The zero-order chi connectivity index (χ0) is 20.7. The maximum atomic E-state index is 13.1. The molecule has 0 bridgehead atoms. The molecule has 2 aromatic carbocycles. The van der Waals surface area contributed by atoms with Crippen molar-refractivity contribution in [2.75, 3.05) is 25.1 Å². The van der Waals surface area contributed by atoms with Gasteiger partial charge in [-0.15, -0.1) is 0 Å². The van der Waals surface area contributed by atoms with E-state index in [4.69, 9.17) is 4.74 Å². The molecular weight excluding hydrogens is 394 g/mol. The summed E-state index contributed by atoms with van der Waals surface area (Å²) in [4.78, 5) is 24.5. The Morgan fingerprint density at radius 2 is 1.75 bits per heavy atom. The average Bonchev–Trinajstić information content (AvgIpc) is 2.68. The van der Waals surface area contributed by atoms with Crippen molar-refractivity contribution in [3.05, 3.63) is 60.2 Å². The maximum Gasteiger partial charge on any atom is 0.307 e. The summed E-state index contributed by atoms with van der Waals surface area (Å²) >= 11 is 0. The molecule has 0 aromatic heterocycles. The first-order valence-corrected chi connectivity index (χ1v) is 9.61. The van der Waals surface area contributed by atoms with E-state index < -0.39 is 45.0 Å². The summed E-state index contributed by atoms with van der Waals surface area (Å²) in [5, 5.41) is 0. The van der Waals surface area contributed by atoms with Crippen LogP contribution in [0.1, 0.15) is 6.42 Å². The lowest BCUT2D eigenvalue weighted by Gasteiger charge is -2.17. The van der Waals surface area contributed by atoms with Gasteiger partial charge >= 0.3 is 5.97 Å². The van der Waals surface area contributed by atoms with E-state index in [9.17, 15) is 26.8 Å². The Kier molecular flexibility index (Phi) is 7.18. The molecule has 1 N–H and O–H groups in total. The Balaban J connectivity index is 1.79. The fourth-order valence-corrected chi connectivity index (χ4v) is 3.16. The molecule has 150 valence electrons. The van der Waals surface area contributed by atoms with Gasteiger partial charge in [0.05, 0.1) is 11.3 Å². The van der Waals surface area contributed by atoms with E-state index in [-0.39, 0.29) is 13.0 Å². The molecule has 0 atom stereocenters.